The predicted molar refractivity (Wildman–Crippen MR) is 130 cm³/mol. The van der Waals surface area contributed by atoms with Crippen LogP contribution in [-0.4, -0.2) is 33.1 Å². The zero-order valence-electron chi connectivity index (χ0n) is 17.2. The van der Waals surface area contributed by atoms with Crippen LogP contribution in [0, 0.1) is 0 Å². The molecule has 176 valence electrons. The first-order valence-corrected chi connectivity index (χ1v) is 12.1. The Kier molecular flexibility index (Phi) is 8.65. The summed E-state index contributed by atoms with van der Waals surface area (Å²) in [5, 5.41) is 4.73. The first kappa shape index (κ1) is 25.7. The molecule has 0 heterocycles. The molecule has 0 aromatic heterocycles. The summed E-state index contributed by atoms with van der Waals surface area (Å²) in [6.45, 7) is -0.509. The van der Waals surface area contributed by atoms with Gasteiger partial charge in [-0.05, 0) is 72.3 Å². The van der Waals surface area contributed by atoms with E-state index in [0.29, 0.717) is 15.6 Å². The van der Waals surface area contributed by atoms with Crippen molar-refractivity contribution in [2.24, 2.45) is 5.10 Å². The largest absolute Gasteiger partial charge is 0.423 e. The minimum atomic E-state index is -3.87. The summed E-state index contributed by atoms with van der Waals surface area (Å²) in [5.74, 6) is -1.04. The molecule has 2 N–H and O–H groups in total. The summed E-state index contributed by atoms with van der Waals surface area (Å²) >= 11 is 17.6. The van der Waals surface area contributed by atoms with Gasteiger partial charge in [-0.25, -0.2) is 23.4 Å². The second-order valence-corrected chi connectivity index (χ2v) is 9.70. The maximum absolute atomic E-state index is 12.2. The van der Waals surface area contributed by atoms with Crippen LogP contribution in [0.15, 0.2) is 76.7 Å². The molecule has 3 rings (SSSR count). The van der Waals surface area contributed by atoms with E-state index < -0.39 is 28.4 Å². The number of hydrogen-bond donors (Lipinski definition) is 2. The number of nitrogens with zero attached hydrogens (tertiary/aromatic N) is 1. The van der Waals surface area contributed by atoms with Gasteiger partial charge in [-0.3, -0.25) is 4.79 Å². The Morgan fingerprint density at radius 1 is 0.912 bits per heavy atom. The second-order valence-electron chi connectivity index (χ2n) is 6.65. The van der Waals surface area contributed by atoms with Crippen LogP contribution >= 0.6 is 34.8 Å². The number of sulfonamides is 1. The van der Waals surface area contributed by atoms with Crippen LogP contribution < -0.4 is 14.9 Å². The number of nitrogens with one attached hydrogen (secondary N) is 2. The number of benzene rings is 3. The van der Waals surface area contributed by atoms with E-state index in [1.165, 1.54) is 60.8 Å². The molecule has 0 aliphatic rings. The Bertz CT molecular complexity index is 1330. The average molecular weight is 541 g/mol. The molecule has 0 radical (unpaired) electrons. The van der Waals surface area contributed by atoms with Crippen molar-refractivity contribution in [2.45, 2.75) is 4.90 Å². The third-order valence-corrected chi connectivity index (χ3v) is 6.41. The lowest BCUT2D eigenvalue weighted by atomic mass is 10.2. The number of hydrazone groups is 1. The van der Waals surface area contributed by atoms with Crippen LogP contribution in [0.4, 0.5) is 0 Å². The molecule has 0 unspecified atom stereocenters. The van der Waals surface area contributed by atoms with Crippen molar-refractivity contribution in [3.63, 3.8) is 0 Å². The zero-order valence-corrected chi connectivity index (χ0v) is 20.3. The van der Waals surface area contributed by atoms with Gasteiger partial charge in [-0.1, -0.05) is 34.8 Å². The van der Waals surface area contributed by atoms with E-state index in [1.54, 1.807) is 12.1 Å². The Morgan fingerprint density at radius 3 is 2.21 bits per heavy atom. The monoisotopic (exact) mass is 539 g/mol. The van der Waals surface area contributed by atoms with Gasteiger partial charge in [0, 0.05) is 10.0 Å². The number of amides is 1. The summed E-state index contributed by atoms with van der Waals surface area (Å²) in [6.07, 6.45) is 1.34. The lowest BCUT2D eigenvalue weighted by molar-refractivity contribution is -0.119. The third kappa shape index (κ3) is 7.28. The summed E-state index contributed by atoms with van der Waals surface area (Å²) in [6, 6.07) is 16.2. The number of carbonyl (C=O) groups excluding carboxylic acids is 2. The van der Waals surface area contributed by atoms with Gasteiger partial charge in [-0.2, -0.15) is 5.10 Å². The predicted octanol–water partition coefficient (Wildman–Crippen LogP) is 4.29. The topological polar surface area (TPSA) is 114 Å². The lowest BCUT2D eigenvalue weighted by Gasteiger charge is -2.06. The molecule has 0 atom stereocenters. The van der Waals surface area contributed by atoms with E-state index in [9.17, 15) is 18.0 Å². The fourth-order valence-corrected chi connectivity index (χ4v) is 4.11. The van der Waals surface area contributed by atoms with Crippen LogP contribution in [0.1, 0.15) is 15.9 Å². The van der Waals surface area contributed by atoms with Gasteiger partial charge in [-0.15, -0.1) is 0 Å². The van der Waals surface area contributed by atoms with E-state index in [1.807, 2.05) is 0 Å². The van der Waals surface area contributed by atoms with Crippen LogP contribution in [0.2, 0.25) is 15.1 Å². The zero-order chi connectivity index (χ0) is 24.7. The van der Waals surface area contributed by atoms with Gasteiger partial charge in [0.05, 0.1) is 28.2 Å². The van der Waals surface area contributed by atoms with E-state index in [0.717, 1.165) is 0 Å². The molecule has 1 amide bonds. The quantitative estimate of drug-likeness (QED) is 0.191. The second kappa shape index (κ2) is 11.5. The smallest absolute Gasteiger partial charge is 0.345 e. The van der Waals surface area contributed by atoms with Crippen molar-refractivity contribution >= 4 is 62.9 Å². The summed E-state index contributed by atoms with van der Waals surface area (Å²) in [7, 11) is -3.87. The summed E-state index contributed by atoms with van der Waals surface area (Å²) < 4.78 is 31.7. The highest BCUT2D eigenvalue weighted by atomic mass is 35.5. The fourth-order valence-electron chi connectivity index (χ4n) is 2.51. The van der Waals surface area contributed by atoms with Crippen LogP contribution in [0.5, 0.6) is 5.75 Å². The molecule has 3 aromatic carbocycles. The van der Waals surface area contributed by atoms with Gasteiger partial charge in [0.15, 0.2) is 0 Å². The molecule has 0 bridgehead atoms. The van der Waals surface area contributed by atoms with Crippen molar-refractivity contribution in [2.75, 3.05) is 6.54 Å². The van der Waals surface area contributed by atoms with Gasteiger partial charge in [0.2, 0.25) is 10.0 Å². The normalized spacial score (nSPS) is 11.4. The van der Waals surface area contributed by atoms with Crippen LogP contribution in [-0.2, 0) is 14.8 Å². The molecular formula is C22H16Cl3N3O5S. The van der Waals surface area contributed by atoms with E-state index in [2.05, 4.69) is 15.2 Å². The molecule has 0 saturated carbocycles. The molecule has 0 aliphatic heterocycles. The number of esters is 1. The summed E-state index contributed by atoms with van der Waals surface area (Å²) in [5.41, 5.74) is 2.98. The molecule has 0 spiro atoms. The molecule has 0 fully saturated rings. The summed E-state index contributed by atoms with van der Waals surface area (Å²) in [4.78, 5) is 24.1. The number of rotatable bonds is 8. The standard InChI is InChI=1S/C22H16Cl3N3O5S/c23-15-3-8-18(9-4-15)34(31,32)27-13-21(29)28-26-12-14-1-6-17(7-2-14)33-22(30)19-10-5-16(24)11-20(19)25/h1-12,27H,13H2,(H,28,29)/b26-12+. The Hall–Kier alpha value is -2.95. The Morgan fingerprint density at radius 2 is 1.56 bits per heavy atom. The molecule has 8 nitrogen and oxygen atoms in total. The maximum Gasteiger partial charge on any atom is 0.345 e. The molecule has 34 heavy (non-hydrogen) atoms. The molecule has 0 saturated heterocycles. The van der Waals surface area contributed by atoms with Gasteiger partial charge < -0.3 is 4.74 Å². The van der Waals surface area contributed by atoms with E-state index in [-0.39, 0.29) is 21.2 Å². The molecule has 0 aliphatic carbocycles. The highest BCUT2D eigenvalue weighted by Crippen LogP contribution is 2.23. The first-order chi connectivity index (χ1) is 16.1. The van der Waals surface area contributed by atoms with Gasteiger partial charge in [0.25, 0.3) is 5.91 Å². The minimum absolute atomic E-state index is 0.0210. The van der Waals surface area contributed by atoms with Crippen LogP contribution in [0.3, 0.4) is 0 Å². The Labute approximate surface area is 210 Å². The first-order valence-electron chi connectivity index (χ1n) is 9.48. The van der Waals surface area contributed by atoms with Crippen molar-refractivity contribution in [1.29, 1.82) is 0 Å². The fraction of sp³-hybridized carbons (Fsp3) is 0.0455. The third-order valence-electron chi connectivity index (χ3n) is 4.19. The average Bonchev–Trinajstić information content (AvgIpc) is 2.79. The van der Waals surface area contributed by atoms with E-state index >= 15 is 0 Å². The van der Waals surface area contributed by atoms with Gasteiger partial charge in [0.1, 0.15) is 5.75 Å². The maximum atomic E-state index is 12.2. The van der Waals surface area contributed by atoms with Crippen LogP contribution in [0.25, 0.3) is 0 Å². The molecule has 12 heteroatoms. The van der Waals surface area contributed by atoms with Crippen molar-refractivity contribution in [3.8, 4) is 5.75 Å². The lowest BCUT2D eigenvalue weighted by Crippen LogP contribution is -2.34. The van der Waals surface area contributed by atoms with Crippen molar-refractivity contribution in [1.82, 2.24) is 10.1 Å². The number of halogens is 3. The highest BCUT2D eigenvalue weighted by molar-refractivity contribution is 7.89. The Balaban J connectivity index is 1.49. The van der Waals surface area contributed by atoms with Crippen molar-refractivity contribution < 1.29 is 22.7 Å². The van der Waals surface area contributed by atoms with Gasteiger partial charge >= 0.3 is 5.97 Å². The SMILES string of the molecule is O=C(CNS(=O)(=O)c1ccc(Cl)cc1)N/N=C/c1ccc(OC(=O)c2ccc(Cl)cc2Cl)cc1. The van der Waals surface area contributed by atoms with Crippen molar-refractivity contribution in [3.05, 3.63) is 92.9 Å². The minimum Gasteiger partial charge on any atom is -0.423 e. The number of ether oxygens (including phenoxy) is 1. The number of hydrogen-bond acceptors (Lipinski definition) is 6. The highest BCUT2D eigenvalue weighted by Gasteiger charge is 2.15. The molecule has 3 aromatic rings. The molecular weight excluding hydrogens is 525 g/mol. The van der Waals surface area contributed by atoms with E-state index in [4.69, 9.17) is 39.5 Å². The number of carbonyl (C=O) groups is 2.